The fourth-order valence-electron chi connectivity index (χ4n) is 1.11. The van der Waals surface area contributed by atoms with Crippen LogP contribution in [0.2, 0.25) is 0 Å². The highest BCUT2D eigenvalue weighted by Gasteiger charge is 2.16. The maximum atomic E-state index is 11.2. The third-order valence-electron chi connectivity index (χ3n) is 2.04. The summed E-state index contributed by atoms with van der Waals surface area (Å²) in [5, 5.41) is 6.12. The van der Waals surface area contributed by atoms with E-state index in [9.17, 15) is 4.79 Å². The monoisotopic (exact) mass is 238 g/mol. The summed E-state index contributed by atoms with van der Waals surface area (Å²) >= 11 is 1.71. The van der Waals surface area contributed by atoms with Crippen LogP contribution in [0.25, 0.3) is 0 Å². The average Bonchev–Trinajstić information content (AvgIpc) is 2.02. The Morgan fingerprint density at radius 2 is 2.29 bits per heavy atom. The molecule has 0 aliphatic carbocycles. The topological polar surface area (TPSA) is 41.1 Å². The molecule has 1 fully saturated rings. The average molecular weight is 239 g/mol. The zero-order valence-electron chi connectivity index (χ0n) is 8.54. The van der Waals surface area contributed by atoms with Crippen LogP contribution in [0.3, 0.4) is 0 Å². The SMILES string of the molecule is CCCSCC(=O)NCC1CNC1.Cl. The quantitative estimate of drug-likeness (QED) is 0.676. The van der Waals surface area contributed by atoms with Crippen molar-refractivity contribution in [1.29, 1.82) is 0 Å². The second kappa shape index (κ2) is 8.38. The lowest BCUT2D eigenvalue weighted by Gasteiger charge is -2.27. The van der Waals surface area contributed by atoms with Crippen LogP contribution >= 0.6 is 24.2 Å². The van der Waals surface area contributed by atoms with Gasteiger partial charge in [0.25, 0.3) is 0 Å². The van der Waals surface area contributed by atoms with E-state index < -0.39 is 0 Å². The first-order valence-corrected chi connectivity index (χ1v) is 6.03. The molecule has 3 nitrogen and oxygen atoms in total. The smallest absolute Gasteiger partial charge is 0.230 e. The Kier molecular flexibility index (Phi) is 8.43. The summed E-state index contributed by atoms with van der Waals surface area (Å²) in [5.74, 6) is 2.55. The predicted molar refractivity (Wildman–Crippen MR) is 64.2 cm³/mol. The molecule has 5 heteroatoms. The first-order chi connectivity index (χ1) is 6.33. The lowest BCUT2D eigenvalue weighted by atomic mass is 10.0. The van der Waals surface area contributed by atoms with Crippen molar-refractivity contribution in [3.8, 4) is 0 Å². The van der Waals surface area contributed by atoms with Crippen LogP contribution in [0.15, 0.2) is 0 Å². The Morgan fingerprint density at radius 1 is 1.57 bits per heavy atom. The van der Waals surface area contributed by atoms with Gasteiger partial charge in [-0.2, -0.15) is 11.8 Å². The van der Waals surface area contributed by atoms with Gasteiger partial charge in [-0.05, 0) is 12.2 Å². The molecule has 0 aromatic carbocycles. The molecule has 0 aromatic heterocycles. The zero-order valence-corrected chi connectivity index (χ0v) is 10.2. The number of carbonyl (C=O) groups is 1. The van der Waals surface area contributed by atoms with E-state index in [-0.39, 0.29) is 18.3 Å². The lowest BCUT2D eigenvalue weighted by molar-refractivity contribution is -0.118. The summed E-state index contributed by atoms with van der Waals surface area (Å²) in [6, 6.07) is 0. The van der Waals surface area contributed by atoms with E-state index >= 15 is 0 Å². The minimum atomic E-state index is 0. The molecule has 0 saturated carbocycles. The van der Waals surface area contributed by atoms with Crippen LogP contribution in [0.4, 0.5) is 0 Å². The minimum Gasteiger partial charge on any atom is -0.355 e. The molecule has 84 valence electrons. The van der Waals surface area contributed by atoms with Gasteiger partial charge in [0, 0.05) is 25.6 Å². The van der Waals surface area contributed by atoms with Crippen molar-refractivity contribution in [1.82, 2.24) is 10.6 Å². The first kappa shape index (κ1) is 14.1. The van der Waals surface area contributed by atoms with Crippen LogP contribution in [0, 0.1) is 5.92 Å². The summed E-state index contributed by atoms with van der Waals surface area (Å²) in [5.41, 5.74) is 0. The van der Waals surface area contributed by atoms with E-state index in [1.165, 1.54) is 0 Å². The van der Waals surface area contributed by atoms with Crippen LogP contribution in [0.5, 0.6) is 0 Å². The van der Waals surface area contributed by atoms with Crippen LogP contribution in [-0.4, -0.2) is 37.0 Å². The molecule has 0 bridgehead atoms. The van der Waals surface area contributed by atoms with Crippen LogP contribution in [-0.2, 0) is 4.79 Å². The summed E-state index contributed by atoms with van der Waals surface area (Å²) in [4.78, 5) is 11.2. The molecular weight excluding hydrogens is 220 g/mol. The fourth-order valence-corrected chi connectivity index (χ4v) is 1.83. The Bertz CT molecular complexity index is 165. The standard InChI is InChI=1S/C9H18N2OS.ClH/c1-2-3-13-7-9(12)11-6-8-4-10-5-8;/h8,10H,2-7H2,1H3,(H,11,12);1H. The molecule has 1 rings (SSSR count). The number of nitrogens with one attached hydrogen (secondary N) is 2. The van der Waals surface area contributed by atoms with Gasteiger partial charge >= 0.3 is 0 Å². The molecule has 2 N–H and O–H groups in total. The predicted octanol–water partition coefficient (Wildman–Crippen LogP) is 0.887. The zero-order chi connectivity index (χ0) is 9.52. The first-order valence-electron chi connectivity index (χ1n) is 4.88. The molecule has 1 amide bonds. The molecule has 0 atom stereocenters. The molecule has 1 heterocycles. The number of thioether (sulfide) groups is 1. The van der Waals surface area contributed by atoms with Gasteiger partial charge in [0.1, 0.15) is 0 Å². The molecule has 0 spiro atoms. The Labute approximate surface area is 96.2 Å². The van der Waals surface area contributed by atoms with E-state index in [0.29, 0.717) is 11.7 Å². The summed E-state index contributed by atoms with van der Waals surface area (Å²) < 4.78 is 0. The molecule has 14 heavy (non-hydrogen) atoms. The third kappa shape index (κ3) is 5.73. The second-order valence-corrected chi connectivity index (χ2v) is 4.49. The van der Waals surface area contributed by atoms with Gasteiger partial charge in [-0.15, -0.1) is 12.4 Å². The molecular formula is C9H19ClN2OS. The van der Waals surface area contributed by atoms with Crippen LogP contribution in [0.1, 0.15) is 13.3 Å². The van der Waals surface area contributed by atoms with E-state index in [1.54, 1.807) is 11.8 Å². The number of hydrogen-bond donors (Lipinski definition) is 2. The number of amides is 1. The number of halogens is 1. The van der Waals surface area contributed by atoms with Crippen molar-refractivity contribution in [2.24, 2.45) is 5.92 Å². The lowest BCUT2D eigenvalue weighted by Crippen LogP contribution is -2.48. The Balaban J connectivity index is 0.00000169. The minimum absolute atomic E-state index is 0. The maximum Gasteiger partial charge on any atom is 0.230 e. The molecule has 0 radical (unpaired) electrons. The Morgan fingerprint density at radius 3 is 2.79 bits per heavy atom. The number of rotatable bonds is 6. The van der Waals surface area contributed by atoms with Gasteiger partial charge in [0.2, 0.25) is 5.91 Å². The van der Waals surface area contributed by atoms with Gasteiger partial charge in [0.05, 0.1) is 5.75 Å². The largest absolute Gasteiger partial charge is 0.355 e. The van der Waals surface area contributed by atoms with Gasteiger partial charge in [-0.25, -0.2) is 0 Å². The van der Waals surface area contributed by atoms with E-state index in [1.807, 2.05) is 0 Å². The Hall–Kier alpha value is 0.0700. The van der Waals surface area contributed by atoms with E-state index in [2.05, 4.69) is 17.6 Å². The molecule has 1 aliphatic heterocycles. The number of hydrogen-bond acceptors (Lipinski definition) is 3. The molecule has 1 aliphatic rings. The van der Waals surface area contributed by atoms with E-state index in [4.69, 9.17) is 0 Å². The summed E-state index contributed by atoms with van der Waals surface area (Å²) in [6.07, 6.45) is 1.14. The van der Waals surface area contributed by atoms with E-state index in [0.717, 1.165) is 31.8 Å². The summed E-state index contributed by atoms with van der Waals surface area (Å²) in [6.45, 7) is 5.09. The van der Waals surface area contributed by atoms with Crippen molar-refractivity contribution >= 4 is 30.1 Å². The van der Waals surface area contributed by atoms with Gasteiger partial charge in [-0.1, -0.05) is 6.92 Å². The normalized spacial score (nSPS) is 15.5. The molecule has 0 unspecified atom stereocenters. The van der Waals surface area contributed by atoms with Crippen molar-refractivity contribution in [3.63, 3.8) is 0 Å². The highest BCUT2D eigenvalue weighted by Crippen LogP contribution is 2.02. The molecule has 1 saturated heterocycles. The highest BCUT2D eigenvalue weighted by molar-refractivity contribution is 7.99. The maximum absolute atomic E-state index is 11.2. The van der Waals surface area contributed by atoms with Gasteiger partial charge in [0.15, 0.2) is 0 Å². The number of carbonyl (C=O) groups excluding carboxylic acids is 1. The van der Waals surface area contributed by atoms with Crippen LogP contribution < -0.4 is 10.6 Å². The van der Waals surface area contributed by atoms with Gasteiger partial charge < -0.3 is 10.6 Å². The molecule has 0 aromatic rings. The van der Waals surface area contributed by atoms with Crippen molar-refractivity contribution < 1.29 is 4.79 Å². The fraction of sp³-hybridized carbons (Fsp3) is 0.889. The third-order valence-corrected chi connectivity index (χ3v) is 3.20. The van der Waals surface area contributed by atoms with Crippen molar-refractivity contribution in [2.45, 2.75) is 13.3 Å². The summed E-state index contributed by atoms with van der Waals surface area (Å²) in [7, 11) is 0. The van der Waals surface area contributed by atoms with Crippen molar-refractivity contribution in [3.05, 3.63) is 0 Å². The van der Waals surface area contributed by atoms with Crippen molar-refractivity contribution in [2.75, 3.05) is 31.1 Å². The van der Waals surface area contributed by atoms with Gasteiger partial charge in [-0.3, -0.25) is 4.79 Å². The highest BCUT2D eigenvalue weighted by atomic mass is 35.5. The second-order valence-electron chi connectivity index (χ2n) is 3.38.